The number of hydrogen-bond acceptors (Lipinski definition) is 6. The minimum absolute atomic E-state index is 0.276. The van der Waals surface area contributed by atoms with E-state index in [1.807, 2.05) is 13.8 Å². The molecule has 0 saturated carbocycles. The maximum Gasteiger partial charge on any atom is 0.423 e. The van der Waals surface area contributed by atoms with Gasteiger partial charge in [-0.25, -0.2) is 9.59 Å². The number of aromatic nitrogens is 2. The quantitative estimate of drug-likeness (QED) is 0.623. The van der Waals surface area contributed by atoms with Crippen molar-refractivity contribution in [1.82, 2.24) is 9.97 Å². The molecule has 126 valence electrons. The van der Waals surface area contributed by atoms with Crippen LogP contribution in [0.3, 0.4) is 0 Å². The van der Waals surface area contributed by atoms with Crippen LogP contribution in [0.15, 0.2) is 12.1 Å². The number of rotatable bonds is 2. The molecule has 0 unspecified atom stereocenters. The molecule has 2 aromatic rings. The molecule has 0 amide bonds. The molecule has 6 nitrogen and oxygen atoms in total. The lowest BCUT2D eigenvalue weighted by Crippen LogP contribution is -2.27. The Hall–Kier alpha value is -2.76. The summed E-state index contributed by atoms with van der Waals surface area (Å²) in [6.07, 6.45) is 0. The lowest BCUT2D eigenvalue weighted by molar-refractivity contribution is -0.156. The number of aryl methyl sites for hydroxylation is 6. The molecule has 6 heteroatoms. The zero-order valence-electron chi connectivity index (χ0n) is 14.7. The molecule has 0 fully saturated rings. The van der Waals surface area contributed by atoms with Gasteiger partial charge in [0.1, 0.15) is 0 Å². The number of ether oxygens (including phenoxy) is 2. The fraction of sp³-hybridized carbons (Fsp3) is 0.333. The van der Waals surface area contributed by atoms with Crippen LogP contribution in [-0.4, -0.2) is 21.9 Å². The van der Waals surface area contributed by atoms with Crippen LogP contribution >= 0.6 is 0 Å². The number of carbonyl (C=O) groups excluding carboxylic acids is 2. The van der Waals surface area contributed by atoms with Gasteiger partial charge in [0, 0.05) is 11.4 Å². The zero-order chi connectivity index (χ0) is 18.0. The number of esters is 2. The van der Waals surface area contributed by atoms with E-state index in [-0.39, 0.29) is 11.5 Å². The maximum absolute atomic E-state index is 12.1. The highest BCUT2D eigenvalue weighted by Crippen LogP contribution is 2.24. The van der Waals surface area contributed by atoms with Gasteiger partial charge in [0.15, 0.2) is 11.5 Å². The number of nitrogens with zero attached hydrogens (tertiary/aromatic N) is 2. The van der Waals surface area contributed by atoms with Crippen molar-refractivity contribution in [2.45, 2.75) is 41.5 Å². The molecule has 2 heterocycles. The molecule has 0 N–H and O–H groups in total. The van der Waals surface area contributed by atoms with Gasteiger partial charge in [-0.1, -0.05) is 0 Å². The van der Waals surface area contributed by atoms with Crippen LogP contribution in [0.4, 0.5) is 0 Å². The molecule has 0 aliphatic heterocycles. The zero-order valence-corrected chi connectivity index (χ0v) is 14.7. The first-order valence-corrected chi connectivity index (χ1v) is 7.52. The molecule has 0 bridgehead atoms. The van der Waals surface area contributed by atoms with Gasteiger partial charge in [-0.15, -0.1) is 0 Å². The SMILES string of the molecule is Cc1cc(C)c(OC(=O)C(=O)Oc2c(C)cc(C)nc2C)c(C)n1. The van der Waals surface area contributed by atoms with Gasteiger partial charge < -0.3 is 9.47 Å². The first-order chi connectivity index (χ1) is 11.2. The lowest BCUT2D eigenvalue weighted by atomic mass is 10.2. The van der Waals surface area contributed by atoms with Gasteiger partial charge in [-0.05, 0) is 64.8 Å². The first kappa shape index (κ1) is 17.6. The standard InChI is InChI=1S/C18H20N2O4/c1-9-7-11(3)19-13(5)15(9)23-17(21)18(22)24-16-10(2)8-12(4)20-14(16)6/h7-8H,1-6H3. The smallest absolute Gasteiger partial charge is 0.416 e. The van der Waals surface area contributed by atoms with Crippen molar-refractivity contribution in [1.29, 1.82) is 0 Å². The van der Waals surface area contributed by atoms with E-state index in [0.29, 0.717) is 11.4 Å². The molecule has 0 aliphatic carbocycles. The van der Waals surface area contributed by atoms with E-state index in [9.17, 15) is 9.59 Å². The molecule has 2 rings (SSSR count). The molecule has 0 spiro atoms. The summed E-state index contributed by atoms with van der Waals surface area (Å²) in [4.78, 5) is 32.6. The molecule has 0 radical (unpaired) electrons. The van der Waals surface area contributed by atoms with Crippen LogP contribution in [0.2, 0.25) is 0 Å². The van der Waals surface area contributed by atoms with Gasteiger partial charge in [-0.3, -0.25) is 9.97 Å². The highest BCUT2D eigenvalue weighted by atomic mass is 16.6. The van der Waals surface area contributed by atoms with Crippen molar-refractivity contribution < 1.29 is 19.1 Å². The summed E-state index contributed by atoms with van der Waals surface area (Å²) < 4.78 is 10.3. The Labute approximate surface area is 140 Å². The minimum Gasteiger partial charge on any atom is -0.416 e. The topological polar surface area (TPSA) is 78.4 Å². The highest BCUT2D eigenvalue weighted by molar-refractivity contribution is 6.31. The lowest BCUT2D eigenvalue weighted by Gasteiger charge is -2.12. The van der Waals surface area contributed by atoms with E-state index < -0.39 is 11.9 Å². The third kappa shape index (κ3) is 3.76. The second kappa shape index (κ2) is 6.78. The van der Waals surface area contributed by atoms with Crippen molar-refractivity contribution >= 4 is 11.9 Å². The third-order valence-corrected chi connectivity index (χ3v) is 3.47. The molecule has 24 heavy (non-hydrogen) atoms. The van der Waals surface area contributed by atoms with Gasteiger partial charge >= 0.3 is 11.9 Å². The molecular formula is C18H20N2O4. The van der Waals surface area contributed by atoms with E-state index in [1.54, 1.807) is 39.8 Å². The molecule has 0 atom stereocenters. The summed E-state index contributed by atoms with van der Waals surface area (Å²) in [7, 11) is 0. The van der Waals surface area contributed by atoms with Crippen LogP contribution in [0, 0.1) is 41.5 Å². The van der Waals surface area contributed by atoms with Crippen LogP contribution in [0.25, 0.3) is 0 Å². The predicted octanol–water partition coefficient (Wildman–Crippen LogP) is 2.84. The van der Waals surface area contributed by atoms with Gasteiger partial charge in [0.05, 0.1) is 11.4 Å². The largest absolute Gasteiger partial charge is 0.423 e. The van der Waals surface area contributed by atoms with E-state index in [1.165, 1.54) is 0 Å². The summed E-state index contributed by atoms with van der Waals surface area (Å²) in [5, 5.41) is 0. The third-order valence-electron chi connectivity index (χ3n) is 3.47. The van der Waals surface area contributed by atoms with Crippen molar-refractivity contribution in [3.63, 3.8) is 0 Å². The van der Waals surface area contributed by atoms with Crippen molar-refractivity contribution in [3.8, 4) is 11.5 Å². The number of pyridine rings is 2. The Balaban J connectivity index is 2.19. The average molecular weight is 328 g/mol. The van der Waals surface area contributed by atoms with E-state index in [0.717, 1.165) is 22.5 Å². The number of carbonyl (C=O) groups is 2. The molecule has 0 aliphatic rings. The Bertz CT molecular complexity index is 712. The van der Waals surface area contributed by atoms with E-state index >= 15 is 0 Å². The normalized spacial score (nSPS) is 10.4. The van der Waals surface area contributed by atoms with Crippen LogP contribution in [0.5, 0.6) is 11.5 Å². The fourth-order valence-electron chi connectivity index (χ4n) is 2.60. The Morgan fingerprint density at radius 3 is 1.33 bits per heavy atom. The summed E-state index contributed by atoms with van der Waals surface area (Å²) in [5.74, 6) is -1.63. The summed E-state index contributed by atoms with van der Waals surface area (Å²) >= 11 is 0. The van der Waals surface area contributed by atoms with E-state index in [2.05, 4.69) is 9.97 Å². The minimum atomic E-state index is -1.09. The first-order valence-electron chi connectivity index (χ1n) is 7.52. The summed E-state index contributed by atoms with van der Waals surface area (Å²) in [6.45, 7) is 10.7. The second-order valence-corrected chi connectivity index (χ2v) is 5.77. The molecule has 0 saturated heterocycles. The maximum atomic E-state index is 12.1. The Morgan fingerprint density at radius 1 is 0.708 bits per heavy atom. The number of hydrogen-bond donors (Lipinski definition) is 0. The molecular weight excluding hydrogens is 308 g/mol. The van der Waals surface area contributed by atoms with Gasteiger partial charge in [0.25, 0.3) is 0 Å². The monoisotopic (exact) mass is 328 g/mol. The van der Waals surface area contributed by atoms with Crippen LogP contribution in [0.1, 0.15) is 33.9 Å². The summed E-state index contributed by atoms with van der Waals surface area (Å²) in [6, 6.07) is 3.55. The fourth-order valence-corrected chi connectivity index (χ4v) is 2.60. The second-order valence-electron chi connectivity index (χ2n) is 5.77. The van der Waals surface area contributed by atoms with Crippen molar-refractivity contribution in [3.05, 3.63) is 46.0 Å². The van der Waals surface area contributed by atoms with Crippen LogP contribution in [-0.2, 0) is 9.59 Å². The summed E-state index contributed by atoms with van der Waals surface area (Å²) in [5.41, 5.74) is 4.15. The highest BCUT2D eigenvalue weighted by Gasteiger charge is 2.23. The van der Waals surface area contributed by atoms with Crippen LogP contribution < -0.4 is 9.47 Å². The Morgan fingerprint density at radius 2 is 1.04 bits per heavy atom. The average Bonchev–Trinajstić information content (AvgIpc) is 2.46. The van der Waals surface area contributed by atoms with Crippen molar-refractivity contribution in [2.24, 2.45) is 0 Å². The Kier molecular flexibility index (Phi) is 4.97. The van der Waals surface area contributed by atoms with Gasteiger partial charge in [0.2, 0.25) is 0 Å². The molecule has 2 aromatic heterocycles. The van der Waals surface area contributed by atoms with Crippen molar-refractivity contribution in [2.75, 3.05) is 0 Å². The molecule has 0 aromatic carbocycles. The van der Waals surface area contributed by atoms with E-state index in [4.69, 9.17) is 9.47 Å². The predicted molar refractivity (Wildman–Crippen MR) is 88.2 cm³/mol. The van der Waals surface area contributed by atoms with Gasteiger partial charge in [-0.2, -0.15) is 0 Å².